The molecule has 132 valence electrons. The highest BCUT2D eigenvalue weighted by Gasteiger charge is 2.21. The molecular formula is C18H27N3O3. The van der Waals surface area contributed by atoms with Crippen molar-refractivity contribution in [1.29, 1.82) is 0 Å². The molecule has 0 aromatic heterocycles. The maximum Gasteiger partial charge on any atom is 0.234 e. The van der Waals surface area contributed by atoms with E-state index in [2.05, 4.69) is 15.5 Å². The molecule has 0 saturated carbocycles. The topological polar surface area (TPSA) is 70.7 Å². The molecule has 2 rings (SSSR count). The number of methoxy groups -OCH3 is 1. The van der Waals surface area contributed by atoms with Gasteiger partial charge in [-0.05, 0) is 43.5 Å². The van der Waals surface area contributed by atoms with E-state index in [9.17, 15) is 9.59 Å². The molecule has 24 heavy (non-hydrogen) atoms. The van der Waals surface area contributed by atoms with Crippen LogP contribution in [0.4, 0.5) is 0 Å². The lowest BCUT2D eigenvalue weighted by Crippen LogP contribution is -2.49. The number of ether oxygens (including phenoxy) is 1. The molecule has 1 aromatic carbocycles. The molecule has 0 bridgehead atoms. The lowest BCUT2D eigenvalue weighted by atomic mass is 10.1. The van der Waals surface area contributed by atoms with Crippen molar-refractivity contribution in [2.45, 2.75) is 32.2 Å². The monoisotopic (exact) mass is 333 g/mol. The van der Waals surface area contributed by atoms with Gasteiger partial charge in [0.05, 0.1) is 13.7 Å². The van der Waals surface area contributed by atoms with Gasteiger partial charge in [-0.15, -0.1) is 0 Å². The van der Waals surface area contributed by atoms with Crippen LogP contribution < -0.4 is 15.4 Å². The van der Waals surface area contributed by atoms with Gasteiger partial charge in [0, 0.05) is 26.1 Å². The van der Waals surface area contributed by atoms with E-state index >= 15 is 0 Å². The maximum atomic E-state index is 12.1. The van der Waals surface area contributed by atoms with Gasteiger partial charge < -0.3 is 15.4 Å². The lowest BCUT2D eigenvalue weighted by molar-refractivity contribution is -0.122. The smallest absolute Gasteiger partial charge is 0.234 e. The summed E-state index contributed by atoms with van der Waals surface area (Å²) in [6.07, 6.45) is 2.78. The molecule has 1 atom stereocenters. The molecule has 1 saturated heterocycles. The summed E-state index contributed by atoms with van der Waals surface area (Å²) in [5.74, 6) is 0.861. The second kappa shape index (κ2) is 9.27. The number of nitrogens with one attached hydrogen (secondary N) is 2. The summed E-state index contributed by atoms with van der Waals surface area (Å²) in [5, 5.41) is 5.90. The first-order valence-corrected chi connectivity index (χ1v) is 8.46. The van der Waals surface area contributed by atoms with Crippen LogP contribution in [0, 0.1) is 0 Å². The molecule has 2 N–H and O–H groups in total. The van der Waals surface area contributed by atoms with Crippen LogP contribution in [-0.2, 0) is 16.0 Å². The van der Waals surface area contributed by atoms with Crippen LogP contribution in [0.2, 0.25) is 0 Å². The Balaban J connectivity index is 1.67. The number of hydrogen-bond donors (Lipinski definition) is 2. The molecule has 1 aromatic rings. The number of carbonyl (C=O) groups excluding carboxylic acids is 2. The molecular weight excluding hydrogens is 306 g/mol. The van der Waals surface area contributed by atoms with Crippen LogP contribution in [0.5, 0.6) is 5.75 Å². The van der Waals surface area contributed by atoms with E-state index < -0.39 is 0 Å². The van der Waals surface area contributed by atoms with Crippen LogP contribution in [0.1, 0.15) is 25.3 Å². The molecule has 1 heterocycles. The second-order valence-corrected chi connectivity index (χ2v) is 6.22. The van der Waals surface area contributed by atoms with Crippen molar-refractivity contribution in [3.05, 3.63) is 29.8 Å². The Morgan fingerprint density at radius 2 is 2.04 bits per heavy atom. The summed E-state index contributed by atoms with van der Waals surface area (Å²) >= 11 is 0. The van der Waals surface area contributed by atoms with E-state index in [0.717, 1.165) is 38.1 Å². The molecule has 1 unspecified atom stereocenters. The third-order valence-corrected chi connectivity index (χ3v) is 4.18. The highest BCUT2D eigenvalue weighted by Crippen LogP contribution is 2.11. The predicted molar refractivity (Wildman–Crippen MR) is 93.0 cm³/mol. The van der Waals surface area contributed by atoms with E-state index in [0.29, 0.717) is 13.1 Å². The Bertz CT molecular complexity index is 545. The molecule has 6 heteroatoms. The zero-order valence-electron chi connectivity index (χ0n) is 14.5. The van der Waals surface area contributed by atoms with E-state index in [1.165, 1.54) is 12.5 Å². The van der Waals surface area contributed by atoms with Crippen molar-refractivity contribution in [1.82, 2.24) is 15.5 Å². The van der Waals surface area contributed by atoms with Crippen molar-refractivity contribution in [2.24, 2.45) is 0 Å². The summed E-state index contributed by atoms with van der Waals surface area (Å²) < 4.78 is 5.13. The maximum absolute atomic E-state index is 12.1. The molecule has 1 aliphatic rings. The Hall–Kier alpha value is -2.08. The Morgan fingerprint density at radius 3 is 2.71 bits per heavy atom. The van der Waals surface area contributed by atoms with Gasteiger partial charge in [-0.2, -0.15) is 0 Å². The normalized spacial score (nSPS) is 18.0. The number of nitrogens with zero attached hydrogens (tertiary/aromatic N) is 1. The Labute approximate surface area is 143 Å². The lowest BCUT2D eigenvalue weighted by Gasteiger charge is -2.32. The van der Waals surface area contributed by atoms with Crippen LogP contribution in [0.15, 0.2) is 24.3 Å². The van der Waals surface area contributed by atoms with Crippen LogP contribution in [0.3, 0.4) is 0 Å². The standard InChI is InChI=1S/C18H27N3O3/c1-14(22)20-16-4-3-11-21(12-16)13-18(23)19-10-9-15-5-7-17(24-2)8-6-15/h5-8,16H,3-4,9-13H2,1-2H3,(H,19,23)(H,20,22). The minimum absolute atomic E-state index is 0.00852. The van der Waals surface area contributed by atoms with Gasteiger partial charge in [0.25, 0.3) is 0 Å². The number of benzene rings is 1. The summed E-state index contributed by atoms with van der Waals surface area (Å²) in [4.78, 5) is 25.3. The summed E-state index contributed by atoms with van der Waals surface area (Å²) in [6, 6.07) is 8.02. The molecule has 1 fully saturated rings. The van der Waals surface area contributed by atoms with Crippen molar-refractivity contribution in [2.75, 3.05) is 33.3 Å². The fourth-order valence-corrected chi connectivity index (χ4v) is 3.00. The summed E-state index contributed by atoms with van der Waals surface area (Å²) in [6.45, 7) is 4.19. The van der Waals surface area contributed by atoms with Crippen LogP contribution in [0.25, 0.3) is 0 Å². The zero-order valence-corrected chi connectivity index (χ0v) is 14.5. The van der Waals surface area contributed by atoms with Crippen molar-refractivity contribution in [3.63, 3.8) is 0 Å². The highest BCUT2D eigenvalue weighted by molar-refractivity contribution is 5.78. The second-order valence-electron chi connectivity index (χ2n) is 6.22. The molecule has 0 spiro atoms. The Morgan fingerprint density at radius 1 is 1.29 bits per heavy atom. The van der Waals surface area contributed by atoms with Gasteiger partial charge in [0.15, 0.2) is 0 Å². The van der Waals surface area contributed by atoms with Gasteiger partial charge >= 0.3 is 0 Å². The van der Waals surface area contributed by atoms with Gasteiger partial charge in [0.1, 0.15) is 5.75 Å². The summed E-state index contributed by atoms with van der Waals surface area (Å²) in [5.41, 5.74) is 1.17. The zero-order chi connectivity index (χ0) is 17.4. The molecule has 0 radical (unpaired) electrons. The van der Waals surface area contributed by atoms with Gasteiger partial charge in [-0.25, -0.2) is 0 Å². The molecule has 0 aliphatic carbocycles. The average Bonchev–Trinajstić information content (AvgIpc) is 2.55. The predicted octanol–water partition coefficient (Wildman–Crippen LogP) is 0.954. The van der Waals surface area contributed by atoms with Gasteiger partial charge in [-0.1, -0.05) is 12.1 Å². The number of rotatable bonds is 7. The first-order valence-electron chi connectivity index (χ1n) is 8.46. The molecule has 2 amide bonds. The number of hydrogen-bond acceptors (Lipinski definition) is 4. The number of piperidine rings is 1. The van der Waals surface area contributed by atoms with E-state index in [4.69, 9.17) is 4.74 Å². The number of amides is 2. The third-order valence-electron chi connectivity index (χ3n) is 4.18. The average molecular weight is 333 g/mol. The number of likely N-dealkylation sites (tertiary alicyclic amines) is 1. The minimum atomic E-state index is -0.00852. The highest BCUT2D eigenvalue weighted by atomic mass is 16.5. The quantitative estimate of drug-likeness (QED) is 0.780. The van der Waals surface area contributed by atoms with Crippen molar-refractivity contribution < 1.29 is 14.3 Å². The van der Waals surface area contributed by atoms with Gasteiger partial charge in [0.2, 0.25) is 11.8 Å². The SMILES string of the molecule is COc1ccc(CCNC(=O)CN2CCCC(NC(C)=O)C2)cc1. The van der Waals surface area contributed by atoms with Crippen molar-refractivity contribution >= 4 is 11.8 Å². The minimum Gasteiger partial charge on any atom is -0.497 e. The van der Waals surface area contributed by atoms with E-state index in [1.54, 1.807) is 7.11 Å². The van der Waals surface area contributed by atoms with Crippen LogP contribution in [-0.4, -0.2) is 56.0 Å². The first-order chi connectivity index (χ1) is 11.6. The van der Waals surface area contributed by atoms with Gasteiger partial charge in [-0.3, -0.25) is 14.5 Å². The Kier molecular flexibility index (Phi) is 7.06. The van der Waals surface area contributed by atoms with Crippen LogP contribution >= 0.6 is 0 Å². The van der Waals surface area contributed by atoms with Crippen molar-refractivity contribution in [3.8, 4) is 5.75 Å². The largest absolute Gasteiger partial charge is 0.497 e. The summed E-state index contributed by atoms with van der Waals surface area (Å²) in [7, 11) is 1.65. The number of carbonyl (C=O) groups is 2. The van der Waals surface area contributed by atoms with E-state index in [1.807, 2.05) is 24.3 Å². The molecule has 1 aliphatic heterocycles. The fraction of sp³-hybridized carbons (Fsp3) is 0.556. The third kappa shape index (κ3) is 6.20. The fourth-order valence-electron chi connectivity index (χ4n) is 3.00. The molecule has 6 nitrogen and oxygen atoms in total. The first kappa shape index (κ1) is 18.3. The van der Waals surface area contributed by atoms with E-state index in [-0.39, 0.29) is 17.9 Å².